The van der Waals surface area contributed by atoms with E-state index in [0.29, 0.717) is 12.0 Å². The number of hydrogen-bond donors (Lipinski definition) is 2. The maximum Gasteiger partial charge on any atom is 0.193 e. The second-order valence-electron chi connectivity index (χ2n) is 4.69. The summed E-state index contributed by atoms with van der Waals surface area (Å²) in [4.78, 5) is 7.00. The van der Waals surface area contributed by atoms with E-state index in [0.717, 1.165) is 25.2 Å². The number of nitrogens with two attached hydrogens (primary N) is 1. The van der Waals surface area contributed by atoms with E-state index < -0.39 is 0 Å². The van der Waals surface area contributed by atoms with Crippen LogP contribution in [0.2, 0.25) is 0 Å². The van der Waals surface area contributed by atoms with E-state index in [4.69, 9.17) is 5.73 Å². The van der Waals surface area contributed by atoms with Crippen molar-refractivity contribution in [1.82, 2.24) is 4.90 Å². The number of likely N-dealkylation sites (N-methyl/N-ethyl adjacent to an activating group) is 1. The van der Waals surface area contributed by atoms with Gasteiger partial charge in [0.1, 0.15) is 0 Å². The second kappa shape index (κ2) is 6.40. The second-order valence-corrected chi connectivity index (χ2v) is 4.69. The third kappa shape index (κ3) is 3.74. The Kier molecular flexibility index (Phi) is 4.59. The SMILES string of the molecule is CCN1CCCC(N=C(N)Nc2ccccc2)C1. The Morgan fingerprint density at radius 3 is 2.94 bits per heavy atom. The van der Waals surface area contributed by atoms with Crippen LogP contribution in [0.25, 0.3) is 0 Å². The minimum atomic E-state index is 0.329. The van der Waals surface area contributed by atoms with E-state index in [1.54, 1.807) is 0 Å². The topological polar surface area (TPSA) is 53.6 Å². The molecule has 1 saturated heterocycles. The van der Waals surface area contributed by atoms with Crippen LogP contribution in [0.5, 0.6) is 0 Å². The number of likely N-dealkylation sites (tertiary alicyclic amines) is 1. The van der Waals surface area contributed by atoms with Gasteiger partial charge < -0.3 is 16.0 Å². The van der Waals surface area contributed by atoms with Crippen molar-refractivity contribution in [2.24, 2.45) is 10.7 Å². The lowest BCUT2D eigenvalue weighted by Gasteiger charge is -2.29. The first-order valence-corrected chi connectivity index (χ1v) is 6.65. The minimum absolute atomic E-state index is 0.329. The molecule has 1 aliphatic heterocycles. The van der Waals surface area contributed by atoms with Crippen molar-refractivity contribution in [1.29, 1.82) is 0 Å². The molecule has 1 aromatic carbocycles. The molecule has 1 unspecified atom stereocenters. The third-order valence-electron chi connectivity index (χ3n) is 3.30. The highest BCUT2D eigenvalue weighted by molar-refractivity contribution is 5.92. The molecule has 1 fully saturated rings. The van der Waals surface area contributed by atoms with Gasteiger partial charge in [0, 0.05) is 12.2 Å². The van der Waals surface area contributed by atoms with Crippen molar-refractivity contribution in [3.05, 3.63) is 30.3 Å². The molecule has 2 rings (SSSR count). The van der Waals surface area contributed by atoms with Crippen molar-refractivity contribution in [3.63, 3.8) is 0 Å². The van der Waals surface area contributed by atoms with E-state index in [1.807, 2.05) is 30.3 Å². The van der Waals surface area contributed by atoms with Gasteiger partial charge in [0.05, 0.1) is 6.04 Å². The fourth-order valence-corrected chi connectivity index (χ4v) is 2.32. The number of guanidine groups is 1. The molecule has 1 atom stereocenters. The zero-order valence-corrected chi connectivity index (χ0v) is 11.0. The molecule has 1 heterocycles. The summed E-state index contributed by atoms with van der Waals surface area (Å²) in [7, 11) is 0. The Bertz CT molecular complexity index is 388. The van der Waals surface area contributed by atoms with Crippen LogP contribution in [0, 0.1) is 0 Å². The zero-order chi connectivity index (χ0) is 12.8. The summed E-state index contributed by atoms with van der Waals surface area (Å²) in [6.45, 7) is 5.50. The molecular weight excluding hydrogens is 224 g/mol. The average molecular weight is 246 g/mol. The molecule has 0 radical (unpaired) electrons. The first kappa shape index (κ1) is 12.9. The molecule has 0 saturated carbocycles. The van der Waals surface area contributed by atoms with Gasteiger partial charge in [0.25, 0.3) is 0 Å². The first-order chi connectivity index (χ1) is 8.78. The predicted molar refractivity (Wildman–Crippen MR) is 76.8 cm³/mol. The van der Waals surface area contributed by atoms with Crippen LogP contribution in [0.1, 0.15) is 19.8 Å². The molecule has 0 spiro atoms. The van der Waals surface area contributed by atoms with Crippen molar-refractivity contribution < 1.29 is 0 Å². The lowest BCUT2D eigenvalue weighted by atomic mass is 10.1. The molecule has 0 aliphatic carbocycles. The van der Waals surface area contributed by atoms with Gasteiger partial charge in [-0.2, -0.15) is 0 Å². The number of anilines is 1. The number of rotatable bonds is 3. The Hall–Kier alpha value is -1.55. The molecule has 0 aromatic heterocycles. The van der Waals surface area contributed by atoms with Gasteiger partial charge in [-0.3, -0.25) is 0 Å². The number of para-hydroxylation sites is 1. The highest BCUT2D eigenvalue weighted by Gasteiger charge is 2.17. The lowest BCUT2D eigenvalue weighted by Crippen LogP contribution is -2.38. The molecule has 3 N–H and O–H groups in total. The van der Waals surface area contributed by atoms with Crippen molar-refractivity contribution in [2.45, 2.75) is 25.8 Å². The largest absolute Gasteiger partial charge is 0.370 e. The molecule has 0 bridgehead atoms. The molecule has 98 valence electrons. The molecular formula is C14H22N4. The fraction of sp³-hybridized carbons (Fsp3) is 0.500. The van der Waals surface area contributed by atoms with E-state index in [9.17, 15) is 0 Å². The number of aliphatic imine (C=N–C) groups is 1. The highest BCUT2D eigenvalue weighted by atomic mass is 15.2. The molecule has 18 heavy (non-hydrogen) atoms. The first-order valence-electron chi connectivity index (χ1n) is 6.65. The van der Waals surface area contributed by atoms with Crippen LogP contribution >= 0.6 is 0 Å². The highest BCUT2D eigenvalue weighted by Crippen LogP contribution is 2.13. The summed E-state index contributed by atoms with van der Waals surface area (Å²) in [5.41, 5.74) is 6.93. The lowest BCUT2D eigenvalue weighted by molar-refractivity contribution is 0.220. The summed E-state index contributed by atoms with van der Waals surface area (Å²) >= 11 is 0. The maximum absolute atomic E-state index is 5.94. The van der Waals surface area contributed by atoms with Crippen LogP contribution in [-0.4, -0.2) is 36.5 Å². The monoisotopic (exact) mass is 246 g/mol. The Morgan fingerprint density at radius 1 is 1.44 bits per heavy atom. The van der Waals surface area contributed by atoms with Crippen LogP contribution in [0.15, 0.2) is 35.3 Å². The summed E-state index contributed by atoms with van der Waals surface area (Å²) in [5.74, 6) is 0.518. The quantitative estimate of drug-likeness (QED) is 0.632. The number of piperidine rings is 1. The molecule has 4 nitrogen and oxygen atoms in total. The van der Waals surface area contributed by atoms with Crippen LogP contribution in [-0.2, 0) is 0 Å². The Labute approximate surface area is 109 Å². The number of hydrogen-bond acceptors (Lipinski definition) is 2. The zero-order valence-electron chi connectivity index (χ0n) is 11.0. The van der Waals surface area contributed by atoms with Gasteiger partial charge in [0.15, 0.2) is 5.96 Å². The molecule has 1 aliphatic rings. The van der Waals surface area contributed by atoms with Crippen molar-refractivity contribution in [3.8, 4) is 0 Å². The van der Waals surface area contributed by atoms with Gasteiger partial charge in [-0.15, -0.1) is 0 Å². The molecule has 0 amide bonds. The smallest absolute Gasteiger partial charge is 0.193 e. The number of nitrogens with one attached hydrogen (secondary N) is 1. The molecule has 4 heteroatoms. The van der Waals surface area contributed by atoms with Crippen molar-refractivity contribution >= 4 is 11.6 Å². The van der Waals surface area contributed by atoms with Crippen molar-refractivity contribution in [2.75, 3.05) is 25.0 Å². The minimum Gasteiger partial charge on any atom is -0.370 e. The van der Waals surface area contributed by atoms with E-state index >= 15 is 0 Å². The van der Waals surface area contributed by atoms with Crippen LogP contribution in [0.4, 0.5) is 5.69 Å². The summed E-state index contributed by atoms with van der Waals surface area (Å²) in [6, 6.07) is 10.3. The van der Waals surface area contributed by atoms with Gasteiger partial charge >= 0.3 is 0 Å². The van der Waals surface area contributed by atoms with E-state index in [-0.39, 0.29) is 0 Å². The third-order valence-corrected chi connectivity index (χ3v) is 3.30. The van der Waals surface area contributed by atoms with Gasteiger partial charge in [-0.1, -0.05) is 25.1 Å². The van der Waals surface area contributed by atoms with Gasteiger partial charge in [-0.25, -0.2) is 4.99 Å². The summed E-state index contributed by atoms with van der Waals surface area (Å²) in [5, 5.41) is 3.13. The number of benzene rings is 1. The fourth-order valence-electron chi connectivity index (χ4n) is 2.32. The van der Waals surface area contributed by atoms with Gasteiger partial charge in [-0.05, 0) is 38.1 Å². The van der Waals surface area contributed by atoms with E-state index in [1.165, 1.54) is 13.0 Å². The van der Waals surface area contributed by atoms with Crippen LogP contribution in [0.3, 0.4) is 0 Å². The maximum atomic E-state index is 5.94. The summed E-state index contributed by atoms with van der Waals surface area (Å²) < 4.78 is 0. The normalized spacial score (nSPS) is 21.8. The average Bonchev–Trinajstić information content (AvgIpc) is 2.40. The molecule has 1 aromatic rings. The van der Waals surface area contributed by atoms with E-state index in [2.05, 4.69) is 22.1 Å². The van der Waals surface area contributed by atoms with Crippen LogP contribution < -0.4 is 11.1 Å². The number of nitrogens with zero attached hydrogens (tertiary/aromatic N) is 2. The summed E-state index contributed by atoms with van der Waals surface area (Å²) in [6.07, 6.45) is 2.34. The Balaban J connectivity index is 1.91. The van der Waals surface area contributed by atoms with Gasteiger partial charge in [0.2, 0.25) is 0 Å². The Morgan fingerprint density at radius 2 is 2.22 bits per heavy atom. The predicted octanol–water partition coefficient (Wildman–Crippen LogP) is 1.90. The standard InChI is InChI=1S/C14H22N4/c1-2-18-10-6-9-13(11-18)17-14(15)16-12-7-4-3-5-8-12/h3-5,7-8,13H,2,6,9-11H2,1H3,(H3,15,16,17).